The van der Waals surface area contributed by atoms with E-state index in [-0.39, 0.29) is 167 Å². The van der Waals surface area contributed by atoms with Crippen LogP contribution in [0.4, 0.5) is 0 Å². The predicted molar refractivity (Wildman–Crippen MR) is 424 cm³/mol. The van der Waals surface area contributed by atoms with Gasteiger partial charge >= 0.3 is 41.8 Å². The third-order valence-corrected chi connectivity index (χ3v) is 38.1. The lowest BCUT2D eigenvalue weighted by molar-refractivity contribution is -0.172. The Hall–Kier alpha value is -7.61. The van der Waals surface area contributed by atoms with Gasteiger partial charge in [0, 0.05) is 107 Å². The van der Waals surface area contributed by atoms with E-state index >= 15 is 0 Å². The number of hydrogen-bond donors (Lipinski definition) is 1. The summed E-state index contributed by atoms with van der Waals surface area (Å²) in [4.78, 5) is 135. The van der Waals surface area contributed by atoms with Gasteiger partial charge in [-0.05, 0) is 232 Å². The highest BCUT2D eigenvalue weighted by Gasteiger charge is 2.84. The Morgan fingerprint density at radius 2 is 0.795 bits per heavy atom. The molecule has 14 fully saturated rings. The Labute approximate surface area is 686 Å². The van der Waals surface area contributed by atoms with Crippen LogP contribution < -0.4 is 0 Å². The molecule has 5 saturated heterocycles. The molecule has 6 heterocycles. The maximum Gasteiger partial charge on any atom is 0.309 e. The van der Waals surface area contributed by atoms with Crippen molar-refractivity contribution in [2.75, 3.05) is 14.2 Å². The first-order chi connectivity index (χ1) is 55.5. The Balaban J connectivity index is 0.000000104. The maximum atomic E-state index is 13.0. The second-order valence-corrected chi connectivity index (χ2v) is 41.9. The second-order valence-electron chi connectivity index (χ2n) is 41.9. The van der Waals surface area contributed by atoms with Crippen LogP contribution in [0.2, 0.25) is 0 Å². The van der Waals surface area contributed by atoms with Crippen molar-refractivity contribution >= 4 is 64.9 Å². The molecule has 9 saturated carbocycles. The van der Waals surface area contributed by atoms with Crippen LogP contribution in [-0.4, -0.2) is 118 Å². The van der Waals surface area contributed by atoms with Crippen molar-refractivity contribution in [1.82, 2.24) is 0 Å². The lowest BCUT2D eigenvalue weighted by Crippen LogP contribution is -2.63. The third-order valence-electron chi connectivity index (χ3n) is 38.1. The standard InChI is InChI=1S/C26H30O4.C24H30O6.C24H30O5.C23H28O5/c1-24-9-5-17(27)14-16(24)15-18(21-4-3-13-29-21)23-19(24)6-10-25(2)20(23)7-11-26(25)12-8-22(28)30-26;1-21-7-4-14(25)10-13(21)11-15(20(27)28-3)19-16-5-8-23(9-6-18(26)30-23)22(16,2)12-17-24(19,21)29-17;1-22-8-4-15(25)12-14(22)13-16(21(27)28-3)20-17(22)5-9-23(2)18(20)6-10-24(23)11-7-19(26)29-24;1-21-7-3-14(24)11-13(21)12-15(20(26)27)19-16(21)4-8-22(2)17(19)5-9-23(22)10-6-18(25)28-23/h3-4,6,13-14,18,20,23H,5,7-12,15H2,1-2H3;10,15-17,19H,4-9,11-12H2,1-3H3;5,12,16,18,20H,4,6-11,13H2,1-3H3;4,11,15,17,19H,3,5-10,12H2,1-2H3,(H,26,27)/t18?,20?,23?,24-,25-,26+;15-,16?,17-,19?,21+,22+,23-,24-;16-,18?,20?,22+,23+,24-;15-,17?,19?,21+,22+,23-/m0111/s1. The highest BCUT2D eigenvalue weighted by atomic mass is 16.6. The summed E-state index contributed by atoms with van der Waals surface area (Å²) in [7, 11) is 2.90. The summed E-state index contributed by atoms with van der Waals surface area (Å²) in [6.45, 7) is 18.2. The average molecular weight is 1600 g/mol. The molecule has 0 radical (unpaired) electrons. The topological polar surface area (TPSA) is 289 Å². The van der Waals surface area contributed by atoms with Gasteiger partial charge in [0.1, 0.15) is 33.8 Å². The molecule has 117 heavy (non-hydrogen) atoms. The fraction of sp³-hybridized carbons (Fsp3) is 0.701. The molecule has 22 rings (SSSR count). The van der Waals surface area contributed by atoms with E-state index in [4.69, 9.17) is 37.6 Å². The van der Waals surface area contributed by atoms with Crippen molar-refractivity contribution < 1.29 is 95.4 Å². The van der Waals surface area contributed by atoms with E-state index in [0.717, 1.165) is 157 Å². The number of ether oxygens (including phenoxy) is 7. The van der Waals surface area contributed by atoms with Gasteiger partial charge in [0.05, 0.1) is 44.3 Å². The lowest BCUT2D eigenvalue weighted by atomic mass is 9.43. The third kappa shape index (κ3) is 10.8. The van der Waals surface area contributed by atoms with Crippen molar-refractivity contribution in [3.63, 3.8) is 0 Å². The van der Waals surface area contributed by atoms with E-state index in [1.807, 2.05) is 12.1 Å². The molecule has 626 valence electrons. The molecule has 26 atom stereocenters. The van der Waals surface area contributed by atoms with E-state index in [1.54, 1.807) is 24.5 Å². The van der Waals surface area contributed by atoms with Crippen LogP contribution in [-0.2, 0) is 85.9 Å². The summed E-state index contributed by atoms with van der Waals surface area (Å²) >= 11 is 0. The van der Waals surface area contributed by atoms with Crippen molar-refractivity contribution in [2.45, 2.75) is 301 Å². The van der Waals surface area contributed by atoms with Crippen LogP contribution in [0.3, 0.4) is 0 Å². The molecule has 20 nitrogen and oxygen atoms in total. The molecule has 5 aliphatic heterocycles. The number of carbonyl (C=O) groups excluding carboxylic acids is 10. The van der Waals surface area contributed by atoms with Crippen molar-refractivity contribution in [3.8, 4) is 0 Å². The molecule has 20 heteroatoms. The first kappa shape index (κ1) is 79.2. The molecule has 5 spiro atoms. The number of hydrogen-bond acceptors (Lipinski definition) is 19. The highest BCUT2D eigenvalue weighted by Crippen LogP contribution is 2.80. The number of methoxy groups -OCH3 is 2. The van der Waals surface area contributed by atoms with Gasteiger partial charge in [0.15, 0.2) is 23.1 Å². The number of aliphatic carboxylic acids is 1. The predicted octanol–water partition coefficient (Wildman–Crippen LogP) is 16.4. The van der Waals surface area contributed by atoms with E-state index in [9.17, 15) is 57.8 Å². The molecule has 9 unspecified atom stereocenters. The summed E-state index contributed by atoms with van der Waals surface area (Å²) in [5.74, 6) is 1.05. The van der Waals surface area contributed by atoms with Gasteiger partial charge in [-0.15, -0.1) is 0 Å². The molecule has 21 aliphatic rings. The number of ketones is 4. The summed E-state index contributed by atoms with van der Waals surface area (Å²) in [6.07, 6.45) is 40.3. The van der Waals surface area contributed by atoms with Gasteiger partial charge in [-0.2, -0.15) is 0 Å². The van der Waals surface area contributed by atoms with Crippen LogP contribution in [0.5, 0.6) is 0 Å². The molecule has 1 aromatic rings. The SMILES string of the molecule is COC(=O)[C@@H]1CC2=CC(=O)CC[C@]2(C)C2=CC[C@@]3(C)C(CC[C@@]34CCC(=O)O4)C21.COC(=O)[C@@H]1CC2=CC(=O)CC[C@]2(C)[C@@]23O[C@@H]2C[C@@]2(C)C(CC[C@@]24CCC(=O)O4)C13.C[C@]12CCC(=O)C=C1CC(c1ccco1)C1C2=CC[C@@]2(C)C1CC[C@@]21CCC(=O)O1.C[C@]12CCC(=O)C=C1C[C@@H](C(=O)O)C1C2=CC[C@@]2(C)C1CC[C@@]21CCC(=O)O1. The van der Waals surface area contributed by atoms with Crippen molar-refractivity contribution in [1.29, 1.82) is 0 Å². The van der Waals surface area contributed by atoms with E-state index in [0.29, 0.717) is 82.5 Å². The summed E-state index contributed by atoms with van der Waals surface area (Å²) < 4.78 is 47.1. The van der Waals surface area contributed by atoms with Gasteiger partial charge in [-0.3, -0.25) is 52.7 Å². The maximum absolute atomic E-state index is 13.0. The van der Waals surface area contributed by atoms with E-state index in [1.165, 1.54) is 36.5 Å². The average Bonchev–Trinajstić information content (AvgIpc) is 1.47. The molecule has 0 bridgehead atoms. The Bertz CT molecular complexity index is 4790. The molecule has 0 amide bonds. The first-order valence-corrected chi connectivity index (χ1v) is 44.6. The number of rotatable bonds is 4. The Kier molecular flexibility index (Phi) is 18.1. The second kappa shape index (κ2) is 26.7. The van der Waals surface area contributed by atoms with Gasteiger partial charge < -0.3 is 42.7 Å². The van der Waals surface area contributed by atoms with Crippen molar-refractivity contribution in [2.24, 2.45) is 108 Å². The van der Waals surface area contributed by atoms with Crippen LogP contribution in [0, 0.1) is 108 Å². The number of carboxylic acids is 1. The molecule has 1 N–H and O–H groups in total. The molecular weight excluding hydrogens is 1490 g/mol. The molecule has 0 aromatic carbocycles. The van der Waals surface area contributed by atoms with Crippen molar-refractivity contribution in [3.05, 3.63) is 106 Å². The zero-order chi connectivity index (χ0) is 82.3. The zero-order valence-electron chi connectivity index (χ0n) is 70.1. The van der Waals surface area contributed by atoms with Gasteiger partial charge in [-0.25, -0.2) is 0 Å². The minimum atomic E-state index is -0.773. The minimum Gasteiger partial charge on any atom is -0.481 e. The van der Waals surface area contributed by atoms with E-state index < -0.39 is 34.3 Å². The molecule has 16 aliphatic carbocycles. The van der Waals surface area contributed by atoms with Crippen LogP contribution in [0.1, 0.15) is 273 Å². The number of carboxylic acid groups (broad SMARTS) is 1. The summed E-state index contributed by atoms with van der Waals surface area (Å²) in [5.41, 5.74) is 5.39. The van der Waals surface area contributed by atoms with Gasteiger partial charge in [-0.1, -0.05) is 113 Å². The van der Waals surface area contributed by atoms with E-state index in [2.05, 4.69) is 79.7 Å². The first-order valence-electron chi connectivity index (χ1n) is 44.6. The molecular formula is C97H118O20. The smallest absolute Gasteiger partial charge is 0.309 e. The fourth-order valence-electron chi connectivity index (χ4n) is 31.5. The Morgan fingerprint density at radius 3 is 1.21 bits per heavy atom. The quantitative estimate of drug-likeness (QED) is 0.127. The monoisotopic (exact) mass is 1600 g/mol. The number of fused-ring (bicyclic) bond motifs is 22. The van der Waals surface area contributed by atoms with Gasteiger partial charge in [0.2, 0.25) is 0 Å². The lowest BCUT2D eigenvalue weighted by Gasteiger charge is -2.58. The number of carbonyl (C=O) groups is 11. The molecule has 1 aromatic heterocycles. The number of allylic oxidation sites excluding steroid dienone is 12. The normalized spacial score (nSPS) is 47.7. The largest absolute Gasteiger partial charge is 0.481 e. The summed E-state index contributed by atoms with van der Waals surface area (Å²) in [6, 6.07) is 4.08. The number of furan rings is 1. The van der Waals surface area contributed by atoms with Crippen LogP contribution in [0.15, 0.2) is 104 Å². The zero-order valence-corrected chi connectivity index (χ0v) is 70.1. The number of epoxide rings is 1. The minimum absolute atomic E-state index is 0.0227. The van der Waals surface area contributed by atoms with Crippen LogP contribution in [0.25, 0.3) is 0 Å². The van der Waals surface area contributed by atoms with Crippen LogP contribution >= 0.6 is 0 Å². The Morgan fingerprint density at radius 1 is 0.419 bits per heavy atom. The fourth-order valence-corrected chi connectivity index (χ4v) is 31.5. The summed E-state index contributed by atoms with van der Waals surface area (Å²) in [5, 5.41) is 10.1. The highest BCUT2D eigenvalue weighted by molar-refractivity contribution is 5.94. The number of esters is 6. The van der Waals surface area contributed by atoms with Gasteiger partial charge in [0.25, 0.3) is 0 Å².